The first-order chi connectivity index (χ1) is 8.33. The minimum atomic E-state index is 0.232. The van der Waals surface area contributed by atoms with Crippen molar-refractivity contribution in [2.75, 3.05) is 11.1 Å². The second kappa shape index (κ2) is 4.02. The molecule has 3 heterocycles. The van der Waals surface area contributed by atoms with Gasteiger partial charge in [-0.2, -0.15) is 15.1 Å². The van der Waals surface area contributed by atoms with Gasteiger partial charge in [-0.05, 0) is 11.4 Å². The normalized spacial score (nSPS) is 10.8. The number of aromatic nitrogens is 4. The Kier molecular flexibility index (Phi) is 2.37. The SMILES string of the molecule is Nc1nc(NCc2cccs2)c2cn[nH]c2n1. The molecule has 0 radical (unpaired) electrons. The van der Waals surface area contributed by atoms with E-state index in [9.17, 15) is 0 Å². The molecule has 0 unspecified atom stereocenters. The van der Waals surface area contributed by atoms with Crippen molar-refractivity contribution in [1.82, 2.24) is 20.2 Å². The molecule has 0 spiro atoms. The van der Waals surface area contributed by atoms with Crippen LogP contribution < -0.4 is 11.1 Å². The number of H-pyrrole nitrogens is 1. The molecule has 0 atom stereocenters. The molecule has 86 valence electrons. The minimum absolute atomic E-state index is 0.232. The standard InChI is InChI=1S/C10H10N6S/c11-10-14-8(7-5-13-16-9(7)15-10)12-4-6-2-1-3-17-6/h1-3,5H,4H2,(H4,11,12,13,14,15,16). The van der Waals surface area contributed by atoms with Crippen LogP contribution in [0.1, 0.15) is 4.88 Å². The number of hydrogen-bond donors (Lipinski definition) is 3. The lowest BCUT2D eigenvalue weighted by Gasteiger charge is -2.05. The number of hydrogen-bond acceptors (Lipinski definition) is 6. The Hall–Kier alpha value is -2.15. The van der Waals surface area contributed by atoms with E-state index >= 15 is 0 Å². The number of nitrogens with zero attached hydrogens (tertiary/aromatic N) is 3. The second-order valence-corrected chi connectivity index (χ2v) is 4.53. The van der Waals surface area contributed by atoms with E-state index in [-0.39, 0.29) is 5.95 Å². The summed E-state index contributed by atoms with van der Waals surface area (Å²) < 4.78 is 0. The molecule has 3 aromatic rings. The molecule has 3 aromatic heterocycles. The van der Waals surface area contributed by atoms with Gasteiger partial charge in [0.25, 0.3) is 0 Å². The molecule has 0 bridgehead atoms. The summed E-state index contributed by atoms with van der Waals surface area (Å²) in [6.07, 6.45) is 1.69. The van der Waals surface area contributed by atoms with Crippen LogP contribution >= 0.6 is 11.3 Å². The largest absolute Gasteiger partial charge is 0.368 e. The fourth-order valence-electron chi connectivity index (χ4n) is 1.57. The van der Waals surface area contributed by atoms with Gasteiger partial charge in [-0.3, -0.25) is 5.10 Å². The van der Waals surface area contributed by atoms with E-state index in [0.717, 1.165) is 5.39 Å². The van der Waals surface area contributed by atoms with Gasteiger partial charge in [0.1, 0.15) is 5.82 Å². The molecule has 17 heavy (non-hydrogen) atoms. The van der Waals surface area contributed by atoms with Crippen molar-refractivity contribution in [3.05, 3.63) is 28.6 Å². The number of fused-ring (bicyclic) bond motifs is 1. The summed E-state index contributed by atoms with van der Waals surface area (Å²) in [4.78, 5) is 9.46. The van der Waals surface area contributed by atoms with Crippen molar-refractivity contribution in [3.63, 3.8) is 0 Å². The molecule has 0 amide bonds. The quantitative estimate of drug-likeness (QED) is 0.653. The monoisotopic (exact) mass is 246 g/mol. The van der Waals surface area contributed by atoms with E-state index in [1.807, 2.05) is 11.4 Å². The van der Waals surface area contributed by atoms with Crippen LogP contribution in [0.25, 0.3) is 11.0 Å². The fraction of sp³-hybridized carbons (Fsp3) is 0.100. The lowest BCUT2D eigenvalue weighted by Crippen LogP contribution is -2.04. The Morgan fingerprint density at radius 2 is 2.35 bits per heavy atom. The lowest BCUT2D eigenvalue weighted by molar-refractivity contribution is 1.09. The fourth-order valence-corrected chi connectivity index (χ4v) is 2.22. The molecular formula is C10H10N6S. The highest BCUT2D eigenvalue weighted by molar-refractivity contribution is 7.09. The van der Waals surface area contributed by atoms with E-state index in [0.29, 0.717) is 18.0 Å². The van der Waals surface area contributed by atoms with Crippen molar-refractivity contribution in [1.29, 1.82) is 0 Å². The maximum atomic E-state index is 5.63. The van der Waals surface area contributed by atoms with Crippen LogP contribution in [0, 0.1) is 0 Å². The Bertz CT molecular complexity index is 629. The Morgan fingerprint density at radius 1 is 1.41 bits per heavy atom. The van der Waals surface area contributed by atoms with E-state index in [4.69, 9.17) is 5.73 Å². The number of anilines is 2. The molecule has 6 nitrogen and oxygen atoms in total. The van der Waals surface area contributed by atoms with Gasteiger partial charge >= 0.3 is 0 Å². The van der Waals surface area contributed by atoms with Crippen LogP contribution in [0.5, 0.6) is 0 Å². The lowest BCUT2D eigenvalue weighted by atomic mass is 10.4. The first kappa shape index (κ1) is 10.0. The zero-order chi connectivity index (χ0) is 11.7. The molecular weight excluding hydrogens is 236 g/mol. The average molecular weight is 246 g/mol. The Labute approximate surface area is 101 Å². The molecule has 0 saturated carbocycles. The molecule has 0 fully saturated rings. The van der Waals surface area contributed by atoms with Gasteiger partial charge < -0.3 is 11.1 Å². The molecule has 0 aliphatic rings. The van der Waals surface area contributed by atoms with Crippen molar-refractivity contribution < 1.29 is 0 Å². The van der Waals surface area contributed by atoms with Crippen LogP contribution in [-0.4, -0.2) is 20.2 Å². The predicted octanol–water partition coefficient (Wildman–Crippen LogP) is 1.61. The van der Waals surface area contributed by atoms with Crippen molar-refractivity contribution in [3.8, 4) is 0 Å². The smallest absolute Gasteiger partial charge is 0.224 e. The van der Waals surface area contributed by atoms with Gasteiger partial charge in [0.05, 0.1) is 18.1 Å². The van der Waals surface area contributed by atoms with Crippen molar-refractivity contribution in [2.24, 2.45) is 0 Å². The van der Waals surface area contributed by atoms with E-state index in [2.05, 4.69) is 31.5 Å². The minimum Gasteiger partial charge on any atom is -0.368 e. The number of thiophene rings is 1. The third kappa shape index (κ3) is 1.92. The van der Waals surface area contributed by atoms with Gasteiger partial charge in [-0.1, -0.05) is 6.07 Å². The summed E-state index contributed by atoms with van der Waals surface area (Å²) in [6, 6.07) is 4.08. The molecule has 3 rings (SSSR count). The number of nitrogens with two attached hydrogens (primary N) is 1. The van der Waals surface area contributed by atoms with Gasteiger partial charge in [0.15, 0.2) is 5.65 Å². The predicted molar refractivity (Wildman–Crippen MR) is 67.7 cm³/mol. The van der Waals surface area contributed by atoms with E-state index in [1.165, 1.54) is 4.88 Å². The summed E-state index contributed by atoms with van der Waals surface area (Å²) in [5, 5.41) is 12.8. The Balaban J connectivity index is 1.91. The van der Waals surface area contributed by atoms with E-state index in [1.54, 1.807) is 17.5 Å². The van der Waals surface area contributed by atoms with Crippen LogP contribution in [0.4, 0.5) is 11.8 Å². The third-order valence-corrected chi connectivity index (χ3v) is 3.21. The van der Waals surface area contributed by atoms with Crippen LogP contribution in [-0.2, 0) is 6.54 Å². The number of nitrogens with one attached hydrogen (secondary N) is 2. The van der Waals surface area contributed by atoms with Crippen molar-refractivity contribution >= 4 is 34.1 Å². The average Bonchev–Trinajstić information content (AvgIpc) is 2.95. The highest BCUT2D eigenvalue weighted by Gasteiger charge is 2.07. The highest BCUT2D eigenvalue weighted by Crippen LogP contribution is 2.20. The van der Waals surface area contributed by atoms with Gasteiger partial charge in [0.2, 0.25) is 5.95 Å². The van der Waals surface area contributed by atoms with E-state index < -0.39 is 0 Å². The van der Waals surface area contributed by atoms with Gasteiger partial charge in [-0.15, -0.1) is 11.3 Å². The molecule has 0 aliphatic carbocycles. The molecule has 7 heteroatoms. The second-order valence-electron chi connectivity index (χ2n) is 3.50. The zero-order valence-corrected chi connectivity index (χ0v) is 9.66. The van der Waals surface area contributed by atoms with Gasteiger partial charge in [0, 0.05) is 4.88 Å². The molecule has 0 saturated heterocycles. The summed E-state index contributed by atoms with van der Waals surface area (Å²) >= 11 is 1.69. The van der Waals surface area contributed by atoms with Crippen LogP contribution in [0.3, 0.4) is 0 Å². The molecule has 0 aliphatic heterocycles. The third-order valence-electron chi connectivity index (χ3n) is 2.34. The molecule has 0 aromatic carbocycles. The first-order valence-electron chi connectivity index (χ1n) is 5.06. The maximum Gasteiger partial charge on any atom is 0.224 e. The number of rotatable bonds is 3. The molecule has 4 N–H and O–H groups in total. The van der Waals surface area contributed by atoms with Crippen molar-refractivity contribution in [2.45, 2.75) is 6.54 Å². The summed E-state index contributed by atoms with van der Waals surface area (Å²) in [7, 11) is 0. The summed E-state index contributed by atoms with van der Waals surface area (Å²) in [6.45, 7) is 0.717. The topological polar surface area (TPSA) is 92.5 Å². The zero-order valence-electron chi connectivity index (χ0n) is 8.84. The first-order valence-corrected chi connectivity index (χ1v) is 5.94. The summed E-state index contributed by atoms with van der Waals surface area (Å²) in [5.74, 6) is 0.935. The van der Waals surface area contributed by atoms with Crippen LogP contribution in [0.15, 0.2) is 23.7 Å². The maximum absolute atomic E-state index is 5.63. The summed E-state index contributed by atoms with van der Waals surface area (Å²) in [5.41, 5.74) is 6.27. The van der Waals surface area contributed by atoms with Crippen LogP contribution in [0.2, 0.25) is 0 Å². The van der Waals surface area contributed by atoms with Gasteiger partial charge in [-0.25, -0.2) is 0 Å². The Morgan fingerprint density at radius 3 is 3.18 bits per heavy atom. The number of nitrogen functional groups attached to an aromatic ring is 1. The number of aromatic amines is 1. The highest BCUT2D eigenvalue weighted by atomic mass is 32.1.